The van der Waals surface area contributed by atoms with E-state index in [0.29, 0.717) is 11.4 Å². The molecule has 7 nitrogen and oxygen atoms in total. The molecule has 0 saturated heterocycles. The molecule has 118 valence electrons. The monoisotopic (exact) mass is 321 g/mol. The zero-order valence-corrected chi connectivity index (χ0v) is 12.3. The third-order valence-electron chi connectivity index (χ3n) is 3.86. The lowest BCUT2D eigenvalue weighted by molar-refractivity contribution is 0.0880. The standard InChI is InChI=1S/C17H11N3O4/c18-15-14-11(16(22)19-17(14)23)8-13(21)20(15)10-4-1-3-9(7-10)12-5-2-6-24-12/h1-8H,18H2,(H,19,22,23). The van der Waals surface area contributed by atoms with E-state index in [1.807, 2.05) is 6.07 Å². The van der Waals surface area contributed by atoms with Crippen molar-refractivity contribution in [1.29, 1.82) is 0 Å². The smallest absolute Gasteiger partial charge is 0.262 e. The number of furan rings is 1. The summed E-state index contributed by atoms with van der Waals surface area (Å²) in [5.41, 5.74) is 6.77. The number of aromatic nitrogens is 1. The lowest BCUT2D eigenvalue weighted by atomic mass is 10.1. The van der Waals surface area contributed by atoms with E-state index in [-0.39, 0.29) is 16.9 Å². The number of nitrogens with one attached hydrogen (secondary N) is 1. The molecule has 7 heteroatoms. The fourth-order valence-electron chi connectivity index (χ4n) is 2.79. The van der Waals surface area contributed by atoms with E-state index in [9.17, 15) is 14.4 Å². The molecule has 1 aromatic carbocycles. The van der Waals surface area contributed by atoms with E-state index in [0.717, 1.165) is 11.6 Å². The Hall–Kier alpha value is -3.61. The van der Waals surface area contributed by atoms with Crippen molar-refractivity contribution in [1.82, 2.24) is 9.88 Å². The van der Waals surface area contributed by atoms with Crippen molar-refractivity contribution in [2.24, 2.45) is 0 Å². The minimum absolute atomic E-state index is 0.000870. The van der Waals surface area contributed by atoms with Gasteiger partial charge in [0.15, 0.2) is 0 Å². The molecule has 1 aliphatic heterocycles. The van der Waals surface area contributed by atoms with Crippen molar-refractivity contribution in [2.75, 3.05) is 5.73 Å². The van der Waals surface area contributed by atoms with E-state index in [1.165, 1.54) is 4.57 Å². The summed E-state index contributed by atoms with van der Waals surface area (Å²) in [6, 6.07) is 11.6. The van der Waals surface area contributed by atoms with Gasteiger partial charge in [0.2, 0.25) is 0 Å². The molecule has 3 N–H and O–H groups in total. The predicted octanol–water partition coefficient (Wildman–Crippen LogP) is 1.56. The van der Waals surface area contributed by atoms with Crippen LogP contribution in [0.4, 0.5) is 5.82 Å². The third kappa shape index (κ3) is 1.95. The van der Waals surface area contributed by atoms with Crippen LogP contribution in [0.2, 0.25) is 0 Å². The Morgan fingerprint density at radius 2 is 1.83 bits per heavy atom. The van der Waals surface area contributed by atoms with Crippen LogP contribution in [0.3, 0.4) is 0 Å². The second-order valence-corrected chi connectivity index (χ2v) is 5.30. The van der Waals surface area contributed by atoms with Crippen molar-refractivity contribution in [3.63, 3.8) is 0 Å². The fourth-order valence-corrected chi connectivity index (χ4v) is 2.79. The van der Waals surface area contributed by atoms with Crippen LogP contribution in [-0.4, -0.2) is 16.4 Å². The van der Waals surface area contributed by atoms with Gasteiger partial charge in [0.25, 0.3) is 17.4 Å². The summed E-state index contributed by atoms with van der Waals surface area (Å²) in [7, 11) is 0. The maximum Gasteiger partial charge on any atom is 0.262 e. The topological polar surface area (TPSA) is 107 Å². The Morgan fingerprint density at radius 1 is 1.00 bits per heavy atom. The van der Waals surface area contributed by atoms with Gasteiger partial charge in [-0.2, -0.15) is 0 Å². The number of hydrogen-bond donors (Lipinski definition) is 2. The highest BCUT2D eigenvalue weighted by atomic mass is 16.3. The number of imide groups is 1. The largest absolute Gasteiger partial charge is 0.464 e. The summed E-state index contributed by atoms with van der Waals surface area (Å²) in [6.45, 7) is 0. The van der Waals surface area contributed by atoms with Crippen LogP contribution in [0, 0.1) is 0 Å². The highest BCUT2D eigenvalue weighted by Crippen LogP contribution is 2.26. The third-order valence-corrected chi connectivity index (χ3v) is 3.86. The molecule has 24 heavy (non-hydrogen) atoms. The highest BCUT2D eigenvalue weighted by molar-refractivity contribution is 6.23. The number of benzene rings is 1. The molecule has 0 aliphatic carbocycles. The number of nitrogen functional groups attached to an aromatic ring is 1. The van der Waals surface area contributed by atoms with Gasteiger partial charge in [0.05, 0.1) is 23.1 Å². The summed E-state index contributed by atoms with van der Waals surface area (Å²) in [5, 5.41) is 2.14. The number of pyridine rings is 1. The number of carbonyl (C=O) groups is 2. The van der Waals surface area contributed by atoms with Crippen LogP contribution in [0.1, 0.15) is 20.7 Å². The molecular weight excluding hydrogens is 310 g/mol. The van der Waals surface area contributed by atoms with Crippen LogP contribution in [-0.2, 0) is 0 Å². The molecule has 0 unspecified atom stereocenters. The molecule has 0 atom stereocenters. The van der Waals surface area contributed by atoms with Gasteiger partial charge < -0.3 is 10.2 Å². The minimum Gasteiger partial charge on any atom is -0.464 e. The summed E-state index contributed by atoms with van der Waals surface area (Å²) < 4.78 is 6.55. The van der Waals surface area contributed by atoms with Crippen molar-refractivity contribution in [3.05, 3.63) is 70.2 Å². The van der Waals surface area contributed by atoms with Crippen molar-refractivity contribution < 1.29 is 14.0 Å². The highest BCUT2D eigenvalue weighted by Gasteiger charge is 2.31. The number of nitrogens with zero attached hydrogens (tertiary/aromatic N) is 1. The molecule has 0 radical (unpaired) electrons. The van der Waals surface area contributed by atoms with Gasteiger partial charge in [-0.1, -0.05) is 12.1 Å². The van der Waals surface area contributed by atoms with E-state index in [2.05, 4.69) is 5.32 Å². The SMILES string of the molecule is Nc1c2c(cc(=O)n1-c1cccc(-c3ccco3)c1)C(=O)NC2=O. The summed E-state index contributed by atoms with van der Waals surface area (Å²) in [6.07, 6.45) is 1.55. The summed E-state index contributed by atoms with van der Waals surface area (Å²) >= 11 is 0. The minimum atomic E-state index is -0.615. The van der Waals surface area contributed by atoms with Crippen molar-refractivity contribution in [3.8, 4) is 17.0 Å². The first-order valence-electron chi connectivity index (χ1n) is 7.12. The number of anilines is 1. The molecule has 0 bridgehead atoms. The van der Waals surface area contributed by atoms with Crippen molar-refractivity contribution in [2.45, 2.75) is 0 Å². The van der Waals surface area contributed by atoms with Crippen LogP contribution in [0.5, 0.6) is 0 Å². The average molecular weight is 321 g/mol. The predicted molar refractivity (Wildman–Crippen MR) is 86.0 cm³/mol. The summed E-state index contributed by atoms with van der Waals surface area (Å²) in [4.78, 5) is 36.0. The van der Waals surface area contributed by atoms with E-state index in [1.54, 1.807) is 36.6 Å². The summed E-state index contributed by atoms with van der Waals surface area (Å²) in [5.74, 6) is -0.659. The maximum atomic E-state index is 12.4. The molecule has 2 amide bonds. The first-order valence-corrected chi connectivity index (χ1v) is 7.12. The first kappa shape index (κ1) is 14.0. The van der Waals surface area contributed by atoms with Gasteiger partial charge in [-0.25, -0.2) is 0 Å². The van der Waals surface area contributed by atoms with Crippen LogP contribution >= 0.6 is 0 Å². The number of rotatable bonds is 2. The maximum absolute atomic E-state index is 12.4. The Kier molecular flexibility index (Phi) is 2.89. The zero-order chi connectivity index (χ0) is 16.8. The van der Waals surface area contributed by atoms with Gasteiger partial charge in [0, 0.05) is 11.6 Å². The molecule has 3 heterocycles. The molecular formula is C17H11N3O4. The number of nitrogens with two attached hydrogens (primary N) is 1. The molecule has 0 saturated carbocycles. The Bertz CT molecular complexity index is 1050. The van der Waals surface area contributed by atoms with Crippen LogP contribution in [0.15, 0.2) is 57.9 Å². The average Bonchev–Trinajstić information content (AvgIpc) is 3.17. The molecule has 4 rings (SSSR count). The van der Waals surface area contributed by atoms with Gasteiger partial charge in [-0.05, 0) is 24.3 Å². The van der Waals surface area contributed by atoms with E-state index in [4.69, 9.17) is 10.2 Å². The molecule has 3 aromatic rings. The van der Waals surface area contributed by atoms with Crippen molar-refractivity contribution >= 4 is 17.6 Å². The lowest BCUT2D eigenvalue weighted by Crippen LogP contribution is -2.24. The zero-order valence-electron chi connectivity index (χ0n) is 12.3. The fraction of sp³-hybridized carbons (Fsp3) is 0. The quantitative estimate of drug-likeness (QED) is 0.697. The number of amides is 2. The van der Waals surface area contributed by atoms with Crippen LogP contribution < -0.4 is 16.6 Å². The Balaban J connectivity index is 1.94. The van der Waals surface area contributed by atoms with E-state index < -0.39 is 17.4 Å². The van der Waals surface area contributed by atoms with Gasteiger partial charge in [-0.3, -0.25) is 24.3 Å². The number of hydrogen-bond acceptors (Lipinski definition) is 5. The normalized spacial score (nSPS) is 13.0. The molecule has 0 fully saturated rings. The van der Waals surface area contributed by atoms with Gasteiger partial charge >= 0.3 is 0 Å². The number of carbonyl (C=O) groups excluding carboxylic acids is 2. The first-order chi connectivity index (χ1) is 11.6. The molecule has 1 aliphatic rings. The second kappa shape index (κ2) is 4.95. The Morgan fingerprint density at radius 3 is 2.58 bits per heavy atom. The lowest BCUT2D eigenvalue weighted by Gasteiger charge is -2.12. The van der Waals surface area contributed by atoms with Gasteiger partial charge in [-0.15, -0.1) is 0 Å². The Labute approximate surface area is 135 Å². The molecule has 0 spiro atoms. The van der Waals surface area contributed by atoms with Crippen LogP contribution in [0.25, 0.3) is 17.0 Å². The number of fused-ring (bicyclic) bond motifs is 1. The van der Waals surface area contributed by atoms with Gasteiger partial charge in [0.1, 0.15) is 11.6 Å². The molecule has 2 aromatic heterocycles. The second-order valence-electron chi connectivity index (χ2n) is 5.30. The van der Waals surface area contributed by atoms with E-state index >= 15 is 0 Å².